The van der Waals surface area contributed by atoms with Gasteiger partial charge in [0.05, 0.1) is 4.92 Å². The van der Waals surface area contributed by atoms with Crippen LogP contribution in [0.25, 0.3) is 0 Å². The molecule has 2 N–H and O–H groups in total. The molecule has 0 aliphatic rings. The minimum atomic E-state index is -0.392. The van der Waals surface area contributed by atoms with E-state index in [1.807, 2.05) is 6.92 Å². The molecule has 0 saturated heterocycles. The fourth-order valence-corrected chi connectivity index (χ4v) is 1.45. The normalized spacial score (nSPS) is 12.2. The van der Waals surface area contributed by atoms with Crippen LogP contribution in [0.2, 0.25) is 0 Å². The zero-order chi connectivity index (χ0) is 12.1. The van der Waals surface area contributed by atoms with Crippen LogP contribution in [-0.4, -0.2) is 22.7 Å². The quantitative estimate of drug-likeness (QED) is 0.593. The number of hydrogen-bond donors (Lipinski definition) is 2. The maximum atomic E-state index is 10.7. The van der Waals surface area contributed by atoms with Gasteiger partial charge in [-0.25, -0.2) is 0 Å². The molecule has 0 spiro atoms. The summed E-state index contributed by atoms with van der Waals surface area (Å²) in [5, 5.41) is 22.6. The van der Waals surface area contributed by atoms with Crippen molar-refractivity contribution in [2.45, 2.75) is 26.3 Å². The molecule has 1 rings (SSSR count). The van der Waals surface area contributed by atoms with E-state index in [0.717, 1.165) is 0 Å². The Kier molecular flexibility index (Phi) is 4.25. The molecule has 0 saturated carbocycles. The molecule has 0 aromatic heterocycles. The summed E-state index contributed by atoms with van der Waals surface area (Å²) in [6.07, 6.45) is 0.613. The minimum Gasteiger partial charge on any atom is -0.396 e. The van der Waals surface area contributed by atoms with Crippen LogP contribution in [0.5, 0.6) is 0 Å². The Morgan fingerprint density at radius 3 is 2.81 bits per heavy atom. The number of rotatable bonds is 5. The maximum absolute atomic E-state index is 10.7. The molecule has 1 unspecified atom stereocenters. The van der Waals surface area contributed by atoms with Gasteiger partial charge in [-0.15, -0.1) is 0 Å². The average Bonchev–Trinajstić information content (AvgIpc) is 2.21. The van der Waals surface area contributed by atoms with Gasteiger partial charge in [0, 0.05) is 30.0 Å². The summed E-state index contributed by atoms with van der Waals surface area (Å²) in [6, 6.07) is 5.12. The number of aliphatic hydroxyl groups is 1. The molecule has 0 fully saturated rings. The Bertz CT molecular complexity index is 379. The van der Waals surface area contributed by atoms with E-state index in [0.29, 0.717) is 17.7 Å². The van der Waals surface area contributed by atoms with Crippen molar-refractivity contribution in [3.05, 3.63) is 33.9 Å². The Labute approximate surface area is 94.3 Å². The minimum absolute atomic E-state index is 0.0901. The van der Waals surface area contributed by atoms with Crippen LogP contribution in [0.1, 0.15) is 18.9 Å². The summed E-state index contributed by atoms with van der Waals surface area (Å²) < 4.78 is 0. The molecule has 0 amide bonds. The number of anilines is 1. The van der Waals surface area contributed by atoms with Crippen molar-refractivity contribution >= 4 is 11.4 Å². The second-order valence-electron chi connectivity index (χ2n) is 3.82. The van der Waals surface area contributed by atoms with Crippen LogP contribution in [0.15, 0.2) is 18.2 Å². The largest absolute Gasteiger partial charge is 0.396 e. The number of nitrogens with one attached hydrogen (secondary N) is 1. The smallest absolute Gasteiger partial charge is 0.274 e. The highest BCUT2D eigenvalue weighted by molar-refractivity contribution is 5.55. The Morgan fingerprint density at radius 2 is 2.25 bits per heavy atom. The molecular formula is C11H16N2O3. The van der Waals surface area contributed by atoms with Crippen LogP contribution in [-0.2, 0) is 0 Å². The topological polar surface area (TPSA) is 75.4 Å². The van der Waals surface area contributed by atoms with E-state index in [-0.39, 0.29) is 18.3 Å². The average molecular weight is 224 g/mol. The lowest BCUT2D eigenvalue weighted by Crippen LogP contribution is -2.16. The van der Waals surface area contributed by atoms with Crippen molar-refractivity contribution in [1.82, 2.24) is 0 Å². The highest BCUT2D eigenvalue weighted by atomic mass is 16.6. The SMILES string of the molecule is Cc1ccc(NC(C)CCO)cc1[N+](=O)[O-]. The number of benzene rings is 1. The van der Waals surface area contributed by atoms with Crippen molar-refractivity contribution in [1.29, 1.82) is 0 Å². The Balaban J connectivity index is 2.82. The standard InChI is InChI=1S/C11H16N2O3/c1-8-3-4-10(7-11(8)13(15)16)12-9(2)5-6-14/h3-4,7,9,12,14H,5-6H2,1-2H3. The van der Waals surface area contributed by atoms with Crippen LogP contribution in [0, 0.1) is 17.0 Å². The maximum Gasteiger partial charge on any atom is 0.274 e. The predicted octanol–water partition coefficient (Wildman–Crippen LogP) is 2.09. The van der Waals surface area contributed by atoms with Gasteiger partial charge >= 0.3 is 0 Å². The number of nitro groups is 1. The van der Waals surface area contributed by atoms with E-state index < -0.39 is 4.92 Å². The van der Waals surface area contributed by atoms with Crippen molar-refractivity contribution in [2.24, 2.45) is 0 Å². The van der Waals surface area contributed by atoms with E-state index in [1.165, 1.54) is 6.07 Å². The van der Waals surface area contributed by atoms with Crippen molar-refractivity contribution < 1.29 is 10.0 Å². The highest BCUT2D eigenvalue weighted by Gasteiger charge is 2.11. The van der Waals surface area contributed by atoms with Gasteiger partial charge in [-0.2, -0.15) is 0 Å². The summed E-state index contributed by atoms with van der Waals surface area (Å²) in [5.74, 6) is 0. The van der Waals surface area contributed by atoms with Gasteiger partial charge in [0.15, 0.2) is 0 Å². The van der Waals surface area contributed by atoms with Crippen molar-refractivity contribution in [2.75, 3.05) is 11.9 Å². The number of aryl methyl sites for hydroxylation is 1. The van der Waals surface area contributed by atoms with Crippen LogP contribution < -0.4 is 5.32 Å². The van der Waals surface area contributed by atoms with E-state index >= 15 is 0 Å². The molecule has 1 aromatic carbocycles. The fraction of sp³-hybridized carbons (Fsp3) is 0.455. The third-order valence-corrected chi connectivity index (χ3v) is 2.38. The highest BCUT2D eigenvalue weighted by Crippen LogP contribution is 2.22. The third kappa shape index (κ3) is 3.20. The van der Waals surface area contributed by atoms with Crippen LogP contribution in [0.3, 0.4) is 0 Å². The second-order valence-corrected chi connectivity index (χ2v) is 3.82. The van der Waals surface area contributed by atoms with Gasteiger partial charge in [0.1, 0.15) is 0 Å². The number of aliphatic hydroxyl groups excluding tert-OH is 1. The summed E-state index contributed by atoms with van der Waals surface area (Å²) in [4.78, 5) is 10.3. The monoisotopic (exact) mass is 224 g/mol. The summed E-state index contributed by atoms with van der Waals surface area (Å²) in [5.41, 5.74) is 1.46. The third-order valence-electron chi connectivity index (χ3n) is 2.38. The van der Waals surface area contributed by atoms with E-state index in [2.05, 4.69) is 5.32 Å². The molecule has 0 bridgehead atoms. The number of nitro benzene ring substituents is 1. The first-order valence-electron chi connectivity index (χ1n) is 5.17. The van der Waals surface area contributed by atoms with Crippen LogP contribution in [0.4, 0.5) is 11.4 Å². The van der Waals surface area contributed by atoms with E-state index in [1.54, 1.807) is 19.1 Å². The molecular weight excluding hydrogens is 208 g/mol. The lowest BCUT2D eigenvalue weighted by molar-refractivity contribution is -0.385. The first kappa shape index (κ1) is 12.4. The summed E-state index contributed by atoms with van der Waals surface area (Å²) in [6.45, 7) is 3.73. The molecule has 88 valence electrons. The molecule has 0 radical (unpaired) electrons. The van der Waals surface area contributed by atoms with Gasteiger partial charge in [-0.1, -0.05) is 6.07 Å². The number of nitrogens with zero attached hydrogens (tertiary/aromatic N) is 1. The second kappa shape index (κ2) is 5.46. The Hall–Kier alpha value is -1.62. The summed E-state index contributed by atoms with van der Waals surface area (Å²) >= 11 is 0. The molecule has 0 heterocycles. The molecule has 5 nitrogen and oxygen atoms in total. The zero-order valence-corrected chi connectivity index (χ0v) is 9.43. The molecule has 1 aromatic rings. The lowest BCUT2D eigenvalue weighted by Gasteiger charge is -2.13. The van der Waals surface area contributed by atoms with E-state index in [9.17, 15) is 10.1 Å². The van der Waals surface area contributed by atoms with Crippen molar-refractivity contribution in [3.8, 4) is 0 Å². The predicted molar refractivity (Wildman–Crippen MR) is 62.6 cm³/mol. The first-order valence-corrected chi connectivity index (χ1v) is 5.17. The molecule has 16 heavy (non-hydrogen) atoms. The van der Waals surface area contributed by atoms with Gasteiger partial charge in [-0.05, 0) is 26.3 Å². The van der Waals surface area contributed by atoms with Crippen LogP contribution >= 0.6 is 0 Å². The number of hydrogen-bond acceptors (Lipinski definition) is 4. The molecule has 0 aliphatic heterocycles. The molecule has 0 aliphatic carbocycles. The molecule has 5 heteroatoms. The Morgan fingerprint density at radius 1 is 1.56 bits per heavy atom. The van der Waals surface area contributed by atoms with Gasteiger partial charge in [-0.3, -0.25) is 10.1 Å². The summed E-state index contributed by atoms with van der Waals surface area (Å²) in [7, 11) is 0. The van der Waals surface area contributed by atoms with Crippen molar-refractivity contribution in [3.63, 3.8) is 0 Å². The fourth-order valence-electron chi connectivity index (χ4n) is 1.45. The zero-order valence-electron chi connectivity index (χ0n) is 9.43. The van der Waals surface area contributed by atoms with E-state index in [4.69, 9.17) is 5.11 Å². The van der Waals surface area contributed by atoms with Gasteiger partial charge in [0.25, 0.3) is 5.69 Å². The molecule has 1 atom stereocenters. The van der Waals surface area contributed by atoms with Gasteiger partial charge < -0.3 is 10.4 Å². The lowest BCUT2D eigenvalue weighted by atomic mass is 10.1. The first-order chi connectivity index (χ1) is 7.54. The van der Waals surface area contributed by atoms with Gasteiger partial charge in [0.2, 0.25) is 0 Å².